The minimum atomic E-state index is 0.180. The summed E-state index contributed by atoms with van der Waals surface area (Å²) in [5.41, 5.74) is 8.63. The zero-order valence-electron chi connectivity index (χ0n) is 29.9. The van der Waals surface area contributed by atoms with Crippen molar-refractivity contribution in [1.29, 1.82) is 0 Å². The molecule has 0 N–H and O–H groups in total. The predicted octanol–water partition coefficient (Wildman–Crippen LogP) is 12.8. The molecule has 6 rings (SSSR count). The van der Waals surface area contributed by atoms with E-state index in [0.717, 1.165) is 0 Å². The molecule has 0 spiro atoms. The van der Waals surface area contributed by atoms with Crippen LogP contribution in [0.4, 0.5) is 0 Å². The molecule has 0 amide bonds. The van der Waals surface area contributed by atoms with Crippen LogP contribution in [0.2, 0.25) is 0 Å². The molecule has 0 unspecified atom stereocenters. The summed E-state index contributed by atoms with van der Waals surface area (Å²) in [5, 5.41) is 5.55. The molecule has 0 saturated heterocycles. The zero-order chi connectivity index (χ0) is 34.3. The van der Waals surface area contributed by atoms with Crippen molar-refractivity contribution in [1.82, 2.24) is 0 Å². The smallest absolute Gasteiger partial charge is 0.172 e. The van der Waals surface area contributed by atoms with Crippen molar-refractivity contribution in [3.05, 3.63) is 168 Å². The van der Waals surface area contributed by atoms with Crippen LogP contribution in [-0.2, 0) is 35.1 Å². The molecule has 0 bridgehead atoms. The van der Waals surface area contributed by atoms with Crippen molar-refractivity contribution in [2.45, 2.75) is 80.1 Å². The van der Waals surface area contributed by atoms with Crippen molar-refractivity contribution in [2.24, 2.45) is 0 Å². The van der Waals surface area contributed by atoms with Crippen LogP contribution >= 0.6 is 0 Å². The van der Waals surface area contributed by atoms with E-state index in [2.05, 4.69) is 127 Å². The van der Waals surface area contributed by atoms with E-state index in [1.165, 1.54) is 79.2 Å². The van der Waals surface area contributed by atoms with Crippen molar-refractivity contribution >= 4 is 25.8 Å². The average molecular weight is 686 g/mol. The second-order valence-electron chi connectivity index (χ2n) is 13.5. The third-order valence-electron chi connectivity index (χ3n) is 7.83. The van der Waals surface area contributed by atoms with E-state index >= 15 is 0 Å². The Balaban J connectivity index is 0.000000259. The molecule has 0 atom stereocenters. The van der Waals surface area contributed by atoms with Gasteiger partial charge in [-0.1, -0.05) is 102 Å². The molecular weight excluding hydrogens is 632 g/mol. The minimum Gasteiger partial charge on any atom is -0.214 e. The number of aryl methyl sites for hydroxylation is 2. The molecular formula is C45H54Zr-4. The molecule has 46 heavy (non-hydrogen) atoms. The summed E-state index contributed by atoms with van der Waals surface area (Å²) >= 11 is 1.30. The number of rotatable bonds is 2. The maximum Gasteiger partial charge on any atom is -0.172 e. The summed E-state index contributed by atoms with van der Waals surface area (Å²) < 4.78 is 3.34. The molecule has 0 fully saturated rings. The number of hydrogen-bond acceptors (Lipinski definition) is 0. The van der Waals surface area contributed by atoms with E-state index in [4.69, 9.17) is 0 Å². The van der Waals surface area contributed by atoms with E-state index < -0.39 is 0 Å². The molecule has 0 aliphatic rings. The summed E-state index contributed by atoms with van der Waals surface area (Å²) in [6.45, 7) is 22.4. The van der Waals surface area contributed by atoms with Gasteiger partial charge in [0.1, 0.15) is 0 Å². The monoisotopic (exact) mass is 684 g/mol. The van der Waals surface area contributed by atoms with Crippen molar-refractivity contribution in [3.63, 3.8) is 0 Å². The molecule has 6 aromatic rings. The average Bonchev–Trinajstić information content (AvgIpc) is 3.73. The van der Waals surface area contributed by atoms with Crippen LogP contribution in [0, 0.1) is 26.7 Å². The first-order chi connectivity index (χ1) is 21.8. The summed E-state index contributed by atoms with van der Waals surface area (Å²) in [4.78, 5) is 0. The quantitative estimate of drug-likeness (QED) is 0.159. The molecule has 0 aromatic heterocycles. The second-order valence-corrected chi connectivity index (χ2v) is 13.5. The van der Waals surface area contributed by atoms with Crippen LogP contribution in [-0.4, -0.2) is 4.21 Å². The molecule has 6 aromatic carbocycles. The SMILES string of the molecule is C[CH-]c1ccccc1.C[CH-]c1ccccc1.Cc1cc2[cH-]c3cc(C)c(C(C)(C)C)cc3c2cc1C(C)(C)C.[CH2]=[Zr].c1cc[cH-]c1. The molecule has 0 saturated carbocycles. The minimum absolute atomic E-state index is 0.180. The van der Waals surface area contributed by atoms with Gasteiger partial charge in [0.2, 0.25) is 0 Å². The van der Waals surface area contributed by atoms with Gasteiger partial charge in [-0.05, 0) is 24.7 Å². The van der Waals surface area contributed by atoms with Crippen molar-refractivity contribution in [2.75, 3.05) is 0 Å². The Kier molecular flexibility index (Phi) is 15.7. The molecule has 1 heteroatoms. The van der Waals surface area contributed by atoms with Crippen molar-refractivity contribution in [3.8, 4) is 0 Å². The van der Waals surface area contributed by atoms with Crippen LogP contribution in [0.25, 0.3) is 21.5 Å². The Hall–Kier alpha value is -3.41. The second kappa shape index (κ2) is 18.7. The summed E-state index contributed by atoms with van der Waals surface area (Å²) in [7, 11) is 0. The topological polar surface area (TPSA) is 0 Å². The van der Waals surface area contributed by atoms with Gasteiger partial charge in [-0.2, -0.15) is 66.4 Å². The Morgan fingerprint density at radius 3 is 1.13 bits per heavy atom. The normalized spacial score (nSPS) is 10.5. The standard InChI is InChI=1S/C23H29.2C8H9.C5H5.CH2.Zr/c1-14-9-16-11-17-10-15(2)21(23(6,7)8)13-19(17)18(16)12-20(14)22(3,4)5;2*1-2-8-6-4-3-5-7-8;1-2-4-5-3-1;;/h9-13H,1-8H3;2*2-7H,1H3;1-5H;1H2;/q4*-1;;. The molecule has 0 aliphatic carbocycles. The van der Waals surface area contributed by atoms with Gasteiger partial charge in [-0.25, -0.2) is 12.1 Å². The molecule has 242 valence electrons. The maximum atomic E-state index is 3.34. The Labute approximate surface area is 296 Å². The van der Waals surface area contributed by atoms with E-state index in [0.29, 0.717) is 0 Å². The first kappa shape index (κ1) is 38.8. The third kappa shape index (κ3) is 11.7. The fourth-order valence-electron chi connectivity index (χ4n) is 5.56. The fourth-order valence-corrected chi connectivity index (χ4v) is 5.56. The fraction of sp³-hybridized carbons (Fsp3) is 0.267. The molecule has 0 radical (unpaired) electrons. The van der Waals surface area contributed by atoms with Crippen LogP contribution < -0.4 is 0 Å². The van der Waals surface area contributed by atoms with Gasteiger partial charge in [0, 0.05) is 0 Å². The number of hydrogen-bond donors (Lipinski definition) is 0. The van der Waals surface area contributed by atoms with Gasteiger partial charge in [-0.3, -0.25) is 0 Å². The first-order valence-corrected chi connectivity index (χ1v) is 17.9. The molecule has 0 heterocycles. The third-order valence-corrected chi connectivity index (χ3v) is 7.83. The predicted molar refractivity (Wildman–Crippen MR) is 204 cm³/mol. The first-order valence-electron chi connectivity index (χ1n) is 16.2. The summed E-state index contributed by atoms with van der Waals surface area (Å²) in [6.07, 6.45) is 4.17. The number of benzene rings is 4. The van der Waals surface area contributed by atoms with E-state index in [9.17, 15) is 0 Å². The van der Waals surface area contributed by atoms with Crippen molar-refractivity contribution < 1.29 is 24.2 Å². The Bertz CT molecular complexity index is 1560. The summed E-state index contributed by atoms with van der Waals surface area (Å²) in [5.74, 6) is 0. The molecule has 0 aliphatic heterocycles. The van der Waals surface area contributed by atoms with E-state index in [1.807, 2.05) is 80.6 Å². The van der Waals surface area contributed by atoms with Crippen LogP contribution in [0.15, 0.2) is 121 Å². The number of fused-ring (bicyclic) bond motifs is 3. The van der Waals surface area contributed by atoms with E-state index in [1.54, 1.807) is 0 Å². The van der Waals surface area contributed by atoms with Gasteiger partial charge < -0.3 is 0 Å². The van der Waals surface area contributed by atoms with Crippen LogP contribution in [0.1, 0.15) is 88.8 Å². The van der Waals surface area contributed by atoms with Crippen LogP contribution in [0.3, 0.4) is 0 Å². The largest absolute Gasteiger partial charge is 0.214 e. The molecule has 0 nitrogen and oxygen atoms in total. The Morgan fingerprint density at radius 1 is 0.543 bits per heavy atom. The van der Waals surface area contributed by atoms with Gasteiger partial charge in [0.05, 0.1) is 0 Å². The zero-order valence-corrected chi connectivity index (χ0v) is 32.4. The maximum absolute atomic E-state index is 3.34. The van der Waals surface area contributed by atoms with Crippen LogP contribution in [0.5, 0.6) is 0 Å². The summed E-state index contributed by atoms with van der Waals surface area (Å²) in [6, 6.07) is 42.5. The van der Waals surface area contributed by atoms with E-state index in [-0.39, 0.29) is 10.8 Å². The Morgan fingerprint density at radius 2 is 0.891 bits per heavy atom. The van der Waals surface area contributed by atoms with Gasteiger partial charge in [0.15, 0.2) is 0 Å². The van der Waals surface area contributed by atoms with Gasteiger partial charge in [-0.15, -0.1) is 64.0 Å². The van der Waals surface area contributed by atoms with Gasteiger partial charge in [0.25, 0.3) is 0 Å². The van der Waals surface area contributed by atoms with Gasteiger partial charge >= 0.3 is 28.4 Å².